The van der Waals surface area contributed by atoms with Crippen molar-refractivity contribution in [3.63, 3.8) is 0 Å². The first-order valence-electron chi connectivity index (χ1n) is 2.81. The molecule has 1 rings (SSSR count). The number of hydrogen-bond donors (Lipinski definition) is 0. The zero-order valence-corrected chi connectivity index (χ0v) is 9.66. The van der Waals surface area contributed by atoms with Gasteiger partial charge in [0.05, 0.1) is 0 Å². The summed E-state index contributed by atoms with van der Waals surface area (Å²) in [6.45, 7) is 0. The van der Waals surface area contributed by atoms with Crippen LogP contribution in [0.5, 0.6) is 0 Å². The fourth-order valence-electron chi connectivity index (χ4n) is 0.415. The molecule has 0 aromatic heterocycles. The van der Waals surface area contributed by atoms with Gasteiger partial charge in [0.15, 0.2) is 0 Å². The molecule has 3 heteroatoms. The van der Waals surface area contributed by atoms with Crippen LogP contribution in [0.1, 0.15) is 0 Å². The van der Waals surface area contributed by atoms with E-state index in [0.29, 0.717) is 0 Å². The van der Waals surface area contributed by atoms with Gasteiger partial charge in [-0.15, -0.1) is 12.4 Å². The second kappa shape index (κ2) is 9.06. The Morgan fingerprint density at radius 1 is 1.10 bits per heavy atom. The molecular formula is C7H9ClFZn. The van der Waals surface area contributed by atoms with E-state index in [9.17, 15) is 4.39 Å². The van der Waals surface area contributed by atoms with E-state index in [2.05, 4.69) is 5.52 Å². The summed E-state index contributed by atoms with van der Waals surface area (Å²) < 4.78 is 11.9. The van der Waals surface area contributed by atoms with Gasteiger partial charge in [0, 0.05) is 0 Å². The van der Waals surface area contributed by atoms with Crippen LogP contribution in [0.3, 0.4) is 0 Å². The predicted octanol–water partition coefficient (Wildman–Crippen LogP) is 2.83. The molecule has 0 spiro atoms. The molecule has 1 aromatic carbocycles. The summed E-state index contributed by atoms with van der Waals surface area (Å²) in [6.07, 6.45) is 0. The molecule has 0 aliphatic rings. The third-order valence-corrected chi connectivity index (χ3v) is 0.733. The number of hydrogen-bond acceptors (Lipinski definition) is 0. The van der Waals surface area contributed by atoms with Crippen LogP contribution in [0.4, 0.5) is 4.39 Å². The molecule has 1 aromatic rings. The van der Waals surface area contributed by atoms with Crippen molar-refractivity contribution in [2.45, 2.75) is 5.52 Å². The third-order valence-electron chi connectivity index (χ3n) is 0.733. The summed E-state index contributed by atoms with van der Waals surface area (Å²) in [6, 6.07) is 7.94. The van der Waals surface area contributed by atoms with Crippen molar-refractivity contribution in [3.8, 4) is 0 Å². The monoisotopic (exact) mass is 211 g/mol. The SMILES string of the molecule is Cl.Fc1ccccc1.[CH3][Zn]. The molecule has 0 amide bonds. The topological polar surface area (TPSA) is 0 Å². The van der Waals surface area contributed by atoms with Crippen molar-refractivity contribution in [2.75, 3.05) is 0 Å². The van der Waals surface area contributed by atoms with E-state index < -0.39 is 0 Å². The van der Waals surface area contributed by atoms with Crippen molar-refractivity contribution < 1.29 is 22.7 Å². The fraction of sp³-hybridized carbons (Fsp3) is 0.143. The Hall–Kier alpha value is 0.0634. The quantitative estimate of drug-likeness (QED) is 0.581. The van der Waals surface area contributed by atoms with Gasteiger partial charge < -0.3 is 0 Å². The molecule has 0 fully saturated rings. The normalized spacial score (nSPS) is 6.80. The van der Waals surface area contributed by atoms with Crippen LogP contribution in [-0.4, -0.2) is 0 Å². The van der Waals surface area contributed by atoms with Crippen LogP contribution in [0.2, 0.25) is 5.52 Å². The summed E-state index contributed by atoms with van der Waals surface area (Å²) in [4.78, 5) is 0. The molecule has 0 bridgehead atoms. The maximum atomic E-state index is 11.9. The molecule has 0 unspecified atom stereocenters. The van der Waals surface area contributed by atoms with Crippen molar-refractivity contribution in [3.05, 3.63) is 36.1 Å². The van der Waals surface area contributed by atoms with Gasteiger partial charge in [0.25, 0.3) is 0 Å². The first-order chi connectivity index (χ1) is 4.39. The minimum atomic E-state index is -0.178. The number of halogens is 2. The molecule has 0 aliphatic carbocycles. The van der Waals surface area contributed by atoms with E-state index in [1.165, 1.54) is 30.4 Å². The summed E-state index contributed by atoms with van der Waals surface area (Å²) in [7, 11) is 0. The van der Waals surface area contributed by atoms with Gasteiger partial charge in [-0.25, -0.2) is 4.39 Å². The number of rotatable bonds is 0. The van der Waals surface area contributed by atoms with Crippen molar-refractivity contribution in [1.29, 1.82) is 0 Å². The second-order valence-electron chi connectivity index (χ2n) is 1.30. The Labute approximate surface area is 76.9 Å². The number of benzene rings is 1. The molecular weight excluding hydrogens is 204 g/mol. The Kier molecular flexibility index (Phi) is 11.5. The van der Waals surface area contributed by atoms with Gasteiger partial charge in [0.2, 0.25) is 0 Å². The van der Waals surface area contributed by atoms with Crippen molar-refractivity contribution >= 4 is 12.4 Å². The average molecular weight is 213 g/mol. The Balaban J connectivity index is 0. The van der Waals surface area contributed by atoms with Crippen LogP contribution in [0.15, 0.2) is 30.3 Å². The van der Waals surface area contributed by atoms with Gasteiger partial charge >= 0.3 is 23.8 Å². The molecule has 10 heavy (non-hydrogen) atoms. The first-order valence-corrected chi connectivity index (χ1v) is 5.77. The van der Waals surface area contributed by atoms with Crippen LogP contribution in [-0.2, 0) is 18.3 Å². The molecule has 0 aliphatic heterocycles. The molecule has 0 saturated heterocycles. The van der Waals surface area contributed by atoms with E-state index in [1.807, 2.05) is 0 Å². The van der Waals surface area contributed by atoms with E-state index in [0.717, 1.165) is 0 Å². The Morgan fingerprint density at radius 3 is 1.70 bits per heavy atom. The Morgan fingerprint density at radius 2 is 1.50 bits per heavy atom. The van der Waals surface area contributed by atoms with Crippen LogP contribution in [0, 0.1) is 5.82 Å². The van der Waals surface area contributed by atoms with Crippen molar-refractivity contribution in [1.82, 2.24) is 0 Å². The summed E-state index contributed by atoms with van der Waals surface area (Å²) >= 11 is 1.38. The first kappa shape index (κ1) is 12.7. The molecule has 53 valence electrons. The van der Waals surface area contributed by atoms with Crippen LogP contribution in [0.25, 0.3) is 0 Å². The average Bonchev–Trinajstić information content (AvgIpc) is 1.94. The predicted molar refractivity (Wildman–Crippen MR) is 39.5 cm³/mol. The molecule has 0 saturated carbocycles. The van der Waals surface area contributed by atoms with Gasteiger partial charge in [-0.3, -0.25) is 0 Å². The van der Waals surface area contributed by atoms with Gasteiger partial charge in [-0.05, 0) is 12.1 Å². The Bertz CT molecular complexity index is 144. The van der Waals surface area contributed by atoms with Gasteiger partial charge in [0.1, 0.15) is 5.82 Å². The molecule has 0 N–H and O–H groups in total. The maximum absolute atomic E-state index is 11.9. The summed E-state index contributed by atoms with van der Waals surface area (Å²) in [5.74, 6) is -0.178. The zero-order valence-electron chi connectivity index (χ0n) is 5.88. The van der Waals surface area contributed by atoms with E-state index in [4.69, 9.17) is 0 Å². The van der Waals surface area contributed by atoms with Crippen molar-refractivity contribution in [2.24, 2.45) is 0 Å². The summed E-state index contributed by atoms with van der Waals surface area (Å²) in [5, 5.41) is 0. The third kappa shape index (κ3) is 6.19. The fourth-order valence-corrected chi connectivity index (χ4v) is 0.415. The standard InChI is InChI=1S/C6H5F.CH3.ClH.Zn/c7-6-4-2-1-3-5-6;;;/h1-5H;1H3;1H;. The molecule has 0 radical (unpaired) electrons. The molecule has 0 atom stereocenters. The second-order valence-corrected chi connectivity index (χ2v) is 1.30. The summed E-state index contributed by atoms with van der Waals surface area (Å²) in [5.41, 5.74) is 2.12. The van der Waals surface area contributed by atoms with Crippen LogP contribution < -0.4 is 0 Å². The minimum absolute atomic E-state index is 0. The zero-order chi connectivity index (χ0) is 7.11. The van der Waals surface area contributed by atoms with E-state index in [-0.39, 0.29) is 18.2 Å². The van der Waals surface area contributed by atoms with E-state index >= 15 is 0 Å². The van der Waals surface area contributed by atoms with Gasteiger partial charge in [-0.2, -0.15) is 0 Å². The molecule has 0 heterocycles. The van der Waals surface area contributed by atoms with Crippen LogP contribution >= 0.6 is 12.4 Å². The van der Waals surface area contributed by atoms with E-state index in [1.54, 1.807) is 18.2 Å². The van der Waals surface area contributed by atoms with Gasteiger partial charge in [-0.1, -0.05) is 18.2 Å². The molecule has 0 nitrogen and oxygen atoms in total.